The molecule has 0 spiro atoms. The van der Waals surface area contributed by atoms with Crippen LogP contribution in [-0.4, -0.2) is 75.4 Å². The number of fused-ring (bicyclic) bond motifs is 1. The number of H-pyrrole nitrogens is 1. The first kappa shape index (κ1) is 34.6. The summed E-state index contributed by atoms with van der Waals surface area (Å²) in [5.41, 5.74) is 2.80. The van der Waals surface area contributed by atoms with Gasteiger partial charge in [0.15, 0.2) is 5.52 Å². The van der Waals surface area contributed by atoms with Gasteiger partial charge in [-0.05, 0) is 69.8 Å². The van der Waals surface area contributed by atoms with E-state index in [1.165, 1.54) is 0 Å². The molecule has 1 aliphatic carbocycles. The summed E-state index contributed by atoms with van der Waals surface area (Å²) in [4.78, 5) is 23.4. The molecule has 11 heteroatoms. The molecule has 0 bridgehead atoms. The van der Waals surface area contributed by atoms with Crippen LogP contribution in [0.1, 0.15) is 83.3 Å². The highest BCUT2D eigenvalue weighted by atomic mass is 32.2. The monoisotopic (exact) mass is 638 g/mol. The number of aromatic nitrogens is 4. The zero-order chi connectivity index (χ0) is 32.4. The van der Waals surface area contributed by atoms with Crippen molar-refractivity contribution in [1.29, 1.82) is 0 Å². The zero-order valence-corrected chi connectivity index (χ0v) is 28.4. The molecule has 0 aliphatic heterocycles. The number of unbranched alkanes of at least 4 members (excludes halogenated alkanes) is 1. The molecule has 4 rings (SSSR count). The van der Waals surface area contributed by atoms with E-state index < -0.39 is 15.3 Å². The normalized spacial score (nSPS) is 15.6. The number of nitrogens with one attached hydrogen (secondary N) is 1. The van der Waals surface area contributed by atoms with Crippen LogP contribution < -0.4 is 5.56 Å². The molecule has 0 saturated heterocycles. The number of allylic oxidation sites excluding steroid dienone is 2. The fourth-order valence-electron chi connectivity index (χ4n) is 5.84. The number of sulfonamides is 1. The average Bonchev–Trinajstić information content (AvgIpc) is 3.36. The van der Waals surface area contributed by atoms with Crippen LogP contribution in [0.4, 0.5) is 0 Å². The van der Waals surface area contributed by atoms with Crippen LogP contribution in [0.25, 0.3) is 16.6 Å². The van der Waals surface area contributed by atoms with Gasteiger partial charge in [-0.15, -0.1) is 0 Å². The van der Waals surface area contributed by atoms with Crippen LogP contribution in [0.15, 0.2) is 53.0 Å². The third kappa shape index (κ3) is 8.51. The predicted octanol–water partition coefficient (Wildman–Crippen LogP) is 5.42. The highest BCUT2D eigenvalue weighted by Crippen LogP contribution is 2.32. The Hall–Kier alpha value is -3.28. The second kappa shape index (κ2) is 16.3. The summed E-state index contributed by atoms with van der Waals surface area (Å²) in [6, 6.07) is 9.74. The molecule has 1 unspecified atom stereocenters. The fourth-order valence-corrected chi connectivity index (χ4v) is 7.59. The van der Waals surface area contributed by atoms with Crippen LogP contribution >= 0.6 is 0 Å². The van der Waals surface area contributed by atoms with Gasteiger partial charge in [-0.2, -0.15) is 9.40 Å². The minimum atomic E-state index is -3.78. The van der Waals surface area contributed by atoms with Crippen molar-refractivity contribution in [3.8, 4) is 0 Å². The number of rotatable bonds is 18. The van der Waals surface area contributed by atoms with Crippen molar-refractivity contribution >= 4 is 26.6 Å². The van der Waals surface area contributed by atoms with E-state index in [9.17, 15) is 13.2 Å². The largest absolute Gasteiger partial charge is 0.493 e. The van der Waals surface area contributed by atoms with Crippen molar-refractivity contribution in [1.82, 2.24) is 29.0 Å². The number of hydrogen-bond donors (Lipinski definition) is 1. The molecule has 3 aromatic rings. The van der Waals surface area contributed by atoms with Crippen molar-refractivity contribution in [2.75, 3.05) is 32.8 Å². The molecule has 1 aromatic carbocycles. The van der Waals surface area contributed by atoms with E-state index in [4.69, 9.17) is 9.72 Å². The van der Waals surface area contributed by atoms with Crippen molar-refractivity contribution < 1.29 is 13.2 Å². The SMILES string of the molecule is CCCOC1=CCC(S(=O)(=O)N(CCCCN(CC)CCC)Cc2ccccc2)C=C1c1nc2c(CCC)nn(C)c2c(=O)[nH]1. The molecule has 246 valence electrons. The smallest absolute Gasteiger partial charge is 0.277 e. The Labute approximate surface area is 268 Å². The Morgan fingerprint density at radius 1 is 1.02 bits per heavy atom. The lowest BCUT2D eigenvalue weighted by Crippen LogP contribution is -2.39. The zero-order valence-electron chi connectivity index (χ0n) is 27.6. The van der Waals surface area contributed by atoms with E-state index in [2.05, 4.69) is 35.8 Å². The Bertz CT molecular complexity index is 1630. The van der Waals surface area contributed by atoms with Gasteiger partial charge in [0.1, 0.15) is 17.1 Å². The highest BCUT2D eigenvalue weighted by Gasteiger charge is 2.34. The molecule has 0 saturated carbocycles. The molecule has 45 heavy (non-hydrogen) atoms. The van der Waals surface area contributed by atoms with Gasteiger partial charge < -0.3 is 14.6 Å². The van der Waals surface area contributed by atoms with Gasteiger partial charge in [-0.1, -0.05) is 70.5 Å². The minimum Gasteiger partial charge on any atom is -0.493 e. The van der Waals surface area contributed by atoms with Crippen LogP contribution in [0.3, 0.4) is 0 Å². The molecule has 2 heterocycles. The van der Waals surface area contributed by atoms with Crippen molar-refractivity contribution in [2.45, 2.75) is 84.4 Å². The molecular weight excluding hydrogens is 588 g/mol. The summed E-state index contributed by atoms with van der Waals surface area (Å²) in [5.74, 6) is 0.835. The lowest BCUT2D eigenvalue weighted by molar-refractivity contribution is 0.226. The van der Waals surface area contributed by atoms with Crippen LogP contribution in [0, 0.1) is 0 Å². The molecule has 10 nitrogen and oxygen atoms in total. The summed E-state index contributed by atoms with van der Waals surface area (Å²) in [7, 11) is -2.04. The lowest BCUT2D eigenvalue weighted by Gasteiger charge is -2.29. The molecule has 0 amide bonds. The summed E-state index contributed by atoms with van der Waals surface area (Å²) < 4.78 is 38.1. The third-order valence-corrected chi connectivity index (χ3v) is 10.3. The van der Waals surface area contributed by atoms with E-state index in [1.54, 1.807) is 22.1 Å². The minimum absolute atomic E-state index is 0.275. The van der Waals surface area contributed by atoms with Gasteiger partial charge in [0, 0.05) is 20.1 Å². The van der Waals surface area contributed by atoms with Crippen LogP contribution in [0.2, 0.25) is 0 Å². The van der Waals surface area contributed by atoms with E-state index in [-0.39, 0.29) is 12.0 Å². The predicted molar refractivity (Wildman–Crippen MR) is 181 cm³/mol. The maximum atomic E-state index is 14.4. The van der Waals surface area contributed by atoms with Gasteiger partial charge in [-0.3, -0.25) is 9.48 Å². The van der Waals surface area contributed by atoms with E-state index in [1.807, 2.05) is 43.3 Å². The second-order valence-electron chi connectivity index (χ2n) is 11.7. The average molecular weight is 639 g/mol. The first-order valence-corrected chi connectivity index (χ1v) is 18.0. The van der Waals surface area contributed by atoms with Gasteiger partial charge in [-0.25, -0.2) is 13.4 Å². The van der Waals surface area contributed by atoms with E-state index >= 15 is 0 Å². The maximum absolute atomic E-state index is 14.4. The number of aryl methyl sites for hydroxylation is 2. The standard InChI is InChI=1S/C34H50N6O4S/c1-6-15-29-31-32(38(5)37-29)34(41)36-33(35-31)28-24-27(18-19-30(28)44-23-8-3)45(42,43)40(25-26-16-11-10-12-17-26)22-14-13-21-39(9-4)20-7-2/h10-12,16-17,19,24,27H,6-9,13-15,18,20-23,25H2,1-5H3,(H,35,36,41). The Morgan fingerprint density at radius 2 is 1.78 bits per heavy atom. The third-order valence-electron chi connectivity index (χ3n) is 8.18. The number of aromatic amines is 1. The van der Waals surface area contributed by atoms with Gasteiger partial charge >= 0.3 is 0 Å². The molecule has 0 fully saturated rings. The number of hydrogen-bond acceptors (Lipinski definition) is 7. The molecular formula is C34H50N6O4S. The van der Waals surface area contributed by atoms with Crippen molar-refractivity contribution in [3.05, 3.63) is 75.7 Å². The van der Waals surface area contributed by atoms with E-state index in [0.29, 0.717) is 54.3 Å². The highest BCUT2D eigenvalue weighted by molar-refractivity contribution is 7.89. The molecule has 1 N–H and O–H groups in total. The Kier molecular flexibility index (Phi) is 12.6. The lowest BCUT2D eigenvalue weighted by atomic mass is 10.0. The van der Waals surface area contributed by atoms with Gasteiger partial charge in [0.05, 0.1) is 23.1 Å². The summed E-state index contributed by atoms with van der Waals surface area (Å²) in [6.07, 6.45) is 8.94. The number of nitrogens with zero attached hydrogens (tertiary/aromatic N) is 5. The topological polar surface area (TPSA) is 113 Å². The molecule has 1 aliphatic rings. The summed E-state index contributed by atoms with van der Waals surface area (Å²) in [5, 5.41) is 3.71. The maximum Gasteiger partial charge on any atom is 0.277 e. The number of ether oxygens (including phenoxy) is 1. The Balaban J connectivity index is 1.69. The van der Waals surface area contributed by atoms with Crippen LogP contribution in [0.5, 0.6) is 0 Å². The second-order valence-corrected chi connectivity index (χ2v) is 13.9. The van der Waals surface area contributed by atoms with E-state index in [0.717, 1.165) is 63.0 Å². The van der Waals surface area contributed by atoms with Gasteiger partial charge in [0.25, 0.3) is 5.56 Å². The first-order valence-electron chi connectivity index (χ1n) is 16.5. The quantitative estimate of drug-likeness (QED) is 0.185. The summed E-state index contributed by atoms with van der Waals surface area (Å²) >= 11 is 0. The molecule has 2 aromatic heterocycles. The van der Waals surface area contributed by atoms with Crippen molar-refractivity contribution in [2.24, 2.45) is 7.05 Å². The van der Waals surface area contributed by atoms with Gasteiger partial charge in [0.2, 0.25) is 10.0 Å². The fraction of sp³-hybridized carbons (Fsp3) is 0.559. The first-order chi connectivity index (χ1) is 21.7. The molecule has 1 atom stereocenters. The Morgan fingerprint density at radius 3 is 2.47 bits per heavy atom. The van der Waals surface area contributed by atoms with Crippen LogP contribution in [-0.2, 0) is 34.8 Å². The summed E-state index contributed by atoms with van der Waals surface area (Å²) in [6.45, 7) is 12.6. The number of benzene rings is 1. The molecule has 0 radical (unpaired) electrons. The van der Waals surface area contributed by atoms with Crippen molar-refractivity contribution in [3.63, 3.8) is 0 Å².